The van der Waals surface area contributed by atoms with Gasteiger partial charge in [0.15, 0.2) is 5.78 Å². The molecule has 0 bridgehead atoms. The molecule has 17 heavy (non-hydrogen) atoms. The summed E-state index contributed by atoms with van der Waals surface area (Å²) in [4.78, 5) is 16.8. The summed E-state index contributed by atoms with van der Waals surface area (Å²) in [7, 11) is 0. The van der Waals surface area contributed by atoms with Crippen LogP contribution in [0.5, 0.6) is 0 Å². The zero-order valence-electron chi connectivity index (χ0n) is 8.61. The van der Waals surface area contributed by atoms with Gasteiger partial charge in [0.25, 0.3) is 0 Å². The summed E-state index contributed by atoms with van der Waals surface area (Å²) in [5, 5.41) is 0.593. The van der Waals surface area contributed by atoms with Crippen molar-refractivity contribution < 1.29 is 4.79 Å². The number of nitrogens with two attached hydrogens (primary N) is 1. The smallest absolute Gasteiger partial charge is 0.168 e. The maximum Gasteiger partial charge on any atom is 0.168 e. The van der Waals surface area contributed by atoms with E-state index in [1.54, 1.807) is 11.7 Å². The minimum Gasteiger partial charge on any atom is -0.396 e. The summed E-state index contributed by atoms with van der Waals surface area (Å²) in [6.07, 6.45) is 1.96. The average molecular weight is 287 g/mol. The summed E-state index contributed by atoms with van der Waals surface area (Å²) in [6, 6.07) is 3.07. The van der Waals surface area contributed by atoms with Gasteiger partial charge in [-0.05, 0) is 12.1 Å². The molecule has 0 radical (unpaired) electrons. The van der Waals surface area contributed by atoms with E-state index in [0.29, 0.717) is 27.7 Å². The molecule has 0 amide bonds. The monoisotopic (exact) mass is 286 g/mol. The van der Waals surface area contributed by atoms with E-state index in [-0.39, 0.29) is 5.78 Å². The lowest BCUT2D eigenvalue weighted by molar-refractivity contribution is 0.0994. The first-order chi connectivity index (χ1) is 8.08. The minimum absolute atomic E-state index is 0.0574. The second-order valence-corrected chi connectivity index (χ2v) is 5.21. The maximum absolute atomic E-state index is 11.9. The largest absolute Gasteiger partial charge is 0.396 e. The van der Waals surface area contributed by atoms with E-state index in [4.69, 9.17) is 28.9 Å². The predicted molar refractivity (Wildman–Crippen MR) is 71.0 cm³/mol. The van der Waals surface area contributed by atoms with Crippen molar-refractivity contribution in [2.45, 2.75) is 6.42 Å². The molecule has 88 valence electrons. The Morgan fingerprint density at radius 3 is 2.53 bits per heavy atom. The zero-order chi connectivity index (χ0) is 12.4. The second-order valence-electron chi connectivity index (χ2n) is 3.42. The molecule has 0 saturated carbocycles. The molecule has 0 fully saturated rings. The fourth-order valence-corrected chi connectivity index (χ4v) is 2.42. The first-order valence-corrected chi connectivity index (χ1v) is 6.36. The van der Waals surface area contributed by atoms with Crippen LogP contribution in [-0.2, 0) is 6.42 Å². The number of ketones is 1. The normalized spacial score (nSPS) is 10.5. The summed E-state index contributed by atoms with van der Waals surface area (Å²) >= 11 is 13.2. The van der Waals surface area contributed by atoms with Crippen LogP contribution in [0.15, 0.2) is 23.8 Å². The summed E-state index contributed by atoms with van der Waals surface area (Å²) in [6.45, 7) is 0. The molecule has 0 aliphatic heterocycles. The Kier molecular flexibility index (Phi) is 3.66. The first-order valence-electron chi connectivity index (χ1n) is 4.73. The fourth-order valence-electron chi connectivity index (χ4n) is 1.34. The van der Waals surface area contributed by atoms with E-state index in [1.165, 1.54) is 23.5 Å². The molecule has 2 aromatic rings. The number of carbonyl (C=O) groups is 1. The molecule has 1 heterocycles. The Morgan fingerprint density at radius 1 is 1.35 bits per heavy atom. The number of thiazole rings is 1. The lowest BCUT2D eigenvalue weighted by Crippen LogP contribution is -2.03. The molecule has 0 aliphatic rings. The molecule has 2 rings (SSSR count). The molecule has 1 aromatic carbocycles. The average Bonchev–Trinajstić information content (AvgIpc) is 2.77. The maximum atomic E-state index is 11.9. The fraction of sp³-hybridized carbons (Fsp3) is 0.0909. The van der Waals surface area contributed by atoms with Crippen LogP contribution in [-0.4, -0.2) is 10.8 Å². The molecule has 0 saturated heterocycles. The second kappa shape index (κ2) is 5.04. The van der Waals surface area contributed by atoms with Crippen molar-refractivity contribution in [2.75, 3.05) is 5.73 Å². The third kappa shape index (κ3) is 2.77. The Hall–Kier alpha value is -1.10. The Balaban J connectivity index is 2.26. The number of benzene rings is 1. The summed E-state index contributed by atoms with van der Waals surface area (Å²) in [5.41, 5.74) is 8.04. The van der Waals surface area contributed by atoms with Gasteiger partial charge in [-0.3, -0.25) is 9.78 Å². The van der Waals surface area contributed by atoms with Gasteiger partial charge in [0.1, 0.15) is 0 Å². The predicted octanol–water partition coefficient (Wildman–Crippen LogP) is 3.46. The lowest BCUT2D eigenvalue weighted by atomic mass is 10.1. The van der Waals surface area contributed by atoms with Crippen LogP contribution in [0, 0.1) is 0 Å². The highest BCUT2D eigenvalue weighted by Crippen LogP contribution is 2.29. The first kappa shape index (κ1) is 12.4. The van der Waals surface area contributed by atoms with Gasteiger partial charge in [0, 0.05) is 23.1 Å². The third-order valence-electron chi connectivity index (χ3n) is 2.22. The van der Waals surface area contributed by atoms with Crippen LogP contribution in [0.4, 0.5) is 5.69 Å². The Labute approximate surface area is 112 Å². The standard InChI is InChI=1S/C11H8Cl2N2OS/c12-8-1-6(2-9(13)11(8)14)10(16)3-7-4-15-5-17-7/h1-2,4-5H,3,14H2. The van der Waals surface area contributed by atoms with Gasteiger partial charge in [-0.25, -0.2) is 0 Å². The number of anilines is 1. The van der Waals surface area contributed by atoms with E-state index >= 15 is 0 Å². The molecule has 1 aromatic heterocycles. The van der Waals surface area contributed by atoms with Crippen LogP contribution in [0.2, 0.25) is 10.0 Å². The topological polar surface area (TPSA) is 56.0 Å². The van der Waals surface area contributed by atoms with E-state index in [0.717, 1.165) is 4.88 Å². The van der Waals surface area contributed by atoms with Crippen molar-refractivity contribution >= 4 is 46.0 Å². The number of hydrogen-bond acceptors (Lipinski definition) is 4. The highest BCUT2D eigenvalue weighted by molar-refractivity contribution is 7.09. The van der Waals surface area contributed by atoms with E-state index in [9.17, 15) is 4.79 Å². The zero-order valence-corrected chi connectivity index (χ0v) is 10.9. The van der Waals surface area contributed by atoms with Crippen LogP contribution in [0.1, 0.15) is 15.2 Å². The van der Waals surface area contributed by atoms with Gasteiger partial charge in [0.2, 0.25) is 0 Å². The summed E-state index contributed by atoms with van der Waals surface area (Å²) < 4.78 is 0. The van der Waals surface area contributed by atoms with Crippen LogP contribution < -0.4 is 5.73 Å². The van der Waals surface area contributed by atoms with E-state index < -0.39 is 0 Å². The van der Waals surface area contributed by atoms with Crippen molar-refractivity contribution in [1.82, 2.24) is 4.98 Å². The molecule has 6 heteroatoms. The van der Waals surface area contributed by atoms with Crippen molar-refractivity contribution in [3.8, 4) is 0 Å². The summed E-state index contributed by atoms with van der Waals surface area (Å²) in [5.74, 6) is -0.0574. The highest BCUT2D eigenvalue weighted by atomic mass is 35.5. The number of hydrogen-bond donors (Lipinski definition) is 1. The number of aromatic nitrogens is 1. The van der Waals surface area contributed by atoms with Gasteiger partial charge >= 0.3 is 0 Å². The van der Waals surface area contributed by atoms with Gasteiger partial charge < -0.3 is 5.73 Å². The van der Waals surface area contributed by atoms with Crippen LogP contribution in [0.3, 0.4) is 0 Å². The van der Waals surface area contributed by atoms with Crippen LogP contribution >= 0.6 is 34.5 Å². The number of carbonyl (C=O) groups excluding carboxylic acids is 1. The molecular formula is C11H8Cl2N2OS. The Bertz CT molecular complexity index is 532. The lowest BCUT2D eigenvalue weighted by Gasteiger charge is -2.05. The number of nitrogen functional groups attached to an aromatic ring is 1. The third-order valence-corrected chi connectivity index (χ3v) is 3.62. The number of halogens is 2. The minimum atomic E-state index is -0.0574. The van der Waals surface area contributed by atoms with Gasteiger partial charge in [-0.1, -0.05) is 23.2 Å². The van der Waals surface area contributed by atoms with Crippen molar-refractivity contribution in [3.05, 3.63) is 44.3 Å². The Morgan fingerprint density at radius 2 is 2.00 bits per heavy atom. The molecule has 3 nitrogen and oxygen atoms in total. The van der Waals surface area contributed by atoms with Gasteiger partial charge in [-0.2, -0.15) is 0 Å². The molecule has 0 atom stereocenters. The molecule has 2 N–H and O–H groups in total. The number of nitrogens with zero attached hydrogens (tertiary/aromatic N) is 1. The van der Waals surface area contributed by atoms with Crippen molar-refractivity contribution in [1.29, 1.82) is 0 Å². The number of Topliss-reactive ketones (excluding diaryl/α,β-unsaturated/α-hetero) is 1. The van der Waals surface area contributed by atoms with Crippen LogP contribution in [0.25, 0.3) is 0 Å². The van der Waals surface area contributed by atoms with Gasteiger partial charge in [0.05, 0.1) is 21.2 Å². The van der Waals surface area contributed by atoms with Crippen molar-refractivity contribution in [3.63, 3.8) is 0 Å². The van der Waals surface area contributed by atoms with Gasteiger partial charge in [-0.15, -0.1) is 11.3 Å². The van der Waals surface area contributed by atoms with E-state index in [2.05, 4.69) is 4.98 Å². The van der Waals surface area contributed by atoms with E-state index in [1.807, 2.05) is 0 Å². The molecule has 0 unspecified atom stereocenters. The molecule has 0 spiro atoms. The SMILES string of the molecule is Nc1c(Cl)cc(C(=O)Cc2cncs2)cc1Cl. The highest BCUT2D eigenvalue weighted by Gasteiger charge is 2.12. The number of rotatable bonds is 3. The molecular weight excluding hydrogens is 279 g/mol. The van der Waals surface area contributed by atoms with Crippen molar-refractivity contribution in [2.24, 2.45) is 0 Å². The quantitative estimate of drug-likeness (QED) is 0.694. The molecule has 0 aliphatic carbocycles.